The maximum absolute atomic E-state index is 10.9. The lowest BCUT2D eigenvalue weighted by molar-refractivity contribution is -0.129. The number of hydrogen-bond acceptors (Lipinski definition) is 10. The summed E-state index contributed by atoms with van der Waals surface area (Å²) in [5.41, 5.74) is 4.18. The number of nitrogens with zero attached hydrogens (tertiary/aromatic N) is 2. The van der Waals surface area contributed by atoms with Crippen molar-refractivity contribution < 1.29 is 47.5 Å². The first kappa shape index (κ1) is 40.4. The first-order chi connectivity index (χ1) is 21.7. The smallest absolute Gasteiger partial charge is 0.394 e. The number of carbonyl (C=O) groups is 2. The molecule has 2 fully saturated rings. The number of alkyl halides is 2. The molecule has 0 aliphatic heterocycles. The molecule has 2 saturated carbocycles. The maximum atomic E-state index is 10.9. The molecule has 0 radical (unpaired) electrons. The molecule has 0 bridgehead atoms. The number of nitrogens with one attached hydrogen (secondary N) is 2. The summed E-state index contributed by atoms with van der Waals surface area (Å²) in [6, 6.07) is 14.5. The van der Waals surface area contributed by atoms with E-state index in [-0.39, 0.29) is 25.9 Å². The molecule has 19 heteroatoms. The number of carboxylic acid groups (broad SMARTS) is 2. The molecule has 2 atom stereocenters. The second kappa shape index (κ2) is 17.1. The summed E-state index contributed by atoms with van der Waals surface area (Å²) in [7, 11) is -4.67. The zero-order valence-electron chi connectivity index (χ0n) is 24.6. The van der Waals surface area contributed by atoms with Crippen LogP contribution in [0.1, 0.15) is 36.8 Å². The largest absolute Gasteiger partial charge is 0.477 e. The van der Waals surface area contributed by atoms with Crippen molar-refractivity contribution in [2.45, 2.75) is 59.5 Å². The van der Waals surface area contributed by atoms with E-state index in [1.165, 1.54) is 0 Å². The Morgan fingerprint density at radius 2 is 1.04 bits per heavy atom. The van der Waals surface area contributed by atoms with Gasteiger partial charge < -0.3 is 31.3 Å². The Balaban J connectivity index is 0.000000286. The summed E-state index contributed by atoms with van der Waals surface area (Å²) in [6.45, 7) is 0.0943. The Bertz CT molecular complexity index is 1450. The van der Waals surface area contributed by atoms with Crippen LogP contribution in [0.5, 0.6) is 0 Å². The van der Waals surface area contributed by atoms with Gasteiger partial charge in [-0.1, -0.05) is 59.6 Å². The highest BCUT2D eigenvalue weighted by Crippen LogP contribution is 2.53. The zero-order chi connectivity index (χ0) is 35.5. The van der Waals surface area contributed by atoms with E-state index in [0.29, 0.717) is 35.7 Å². The molecule has 0 aromatic heterocycles. The number of aliphatic hydroxyl groups is 2. The van der Waals surface area contributed by atoms with E-state index in [1.807, 2.05) is 36.4 Å². The summed E-state index contributed by atoms with van der Waals surface area (Å²) in [5.74, 6) is -2.33. The fourth-order valence-corrected chi connectivity index (χ4v) is 5.24. The Labute approximate surface area is 291 Å². The van der Waals surface area contributed by atoms with Crippen molar-refractivity contribution in [1.82, 2.24) is 10.9 Å². The summed E-state index contributed by atoms with van der Waals surface area (Å²) in [5, 5.41) is 46.9. The molecule has 14 nitrogen and oxygen atoms in total. The van der Waals surface area contributed by atoms with Crippen LogP contribution in [0.15, 0.2) is 58.7 Å². The van der Waals surface area contributed by atoms with E-state index in [2.05, 4.69) is 21.1 Å². The molecule has 8 N–H and O–H groups in total. The minimum Gasteiger partial charge on any atom is -0.477 e. The number of hydrogen-bond donors (Lipinski definition) is 8. The van der Waals surface area contributed by atoms with E-state index in [1.54, 1.807) is 12.1 Å². The molecule has 2 unspecified atom stereocenters. The monoisotopic (exact) mass is 758 g/mol. The van der Waals surface area contributed by atoms with Crippen LogP contribution in [0.4, 0.5) is 0 Å². The van der Waals surface area contributed by atoms with Gasteiger partial charge in [0.15, 0.2) is 0 Å². The lowest BCUT2D eigenvalue weighted by Crippen LogP contribution is -2.50. The molecular formula is C28H34Cl4N4O10S. The van der Waals surface area contributed by atoms with Crippen LogP contribution < -0.4 is 10.9 Å². The third-order valence-electron chi connectivity index (χ3n) is 7.20. The van der Waals surface area contributed by atoms with Crippen LogP contribution >= 0.6 is 46.4 Å². The van der Waals surface area contributed by atoms with Gasteiger partial charge in [0.25, 0.3) is 0 Å². The molecular weight excluding hydrogens is 726 g/mol. The minimum absolute atomic E-state index is 0.0471. The predicted octanol–water partition coefficient (Wildman–Crippen LogP) is 3.44. The van der Waals surface area contributed by atoms with Gasteiger partial charge >= 0.3 is 22.3 Å². The number of halogens is 4. The number of carboxylic acids is 2. The first-order valence-electron chi connectivity index (χ1n) is 13.7. The van der Waals surface area contributed by atoms with Crippen molar-refractivity contribution in [2.75, 3.05) is 13.1 Å². The third-order valence-corrected chi connectivity index (χ3v) is 9.40. The van der Waals surface area contributed by atoms with Crippen LogP contribution in [-0.4, -0.2) is 96.4 Å². The lowest BCUT2D eigenvalue weighted by atomic mass is 9.89. The van der Waals surface area contributed by atoms with Crippen molar-refractivity contribution >= 4 is 81.2 Å². The van der Waals surface area contributed by atoms with Crippen LogP contribution in [-0.2, 0) is 32.8 Å². The molecule has 2 aliphatic rings. The summed E-state index contributed by atoms with van der Waals surface area (Å²) >= 11 is 25.0. The van der Waals surface area contributed by atoms with E-state index in [0.717, 1.165) is 23.6 Å². The van der Waals surface area contributed by atoms with Gasteiger partial charge in [0, 0.05) is 22.9 Å². The van der Waals surface area contributed by atoms with Gasteiger partial charge in [-0.3, -0.25) is 9.11 Å². The molecule has 2 aromatic carbocycles. The highest BCUT2D eigenvalue weighted by Gasteiger charge is 2.58. The Morgan fingerprint density at radius 3 is 1.30 bits per heavy atom. The van der Waals surface area contributed by atoms with Crippen molar-refractivity contribution in [1.29, 1.82) is 0 Å². The van der Waals surface area contributed by atoms with Gasteiger partial charge in [-0.15, -0.1) is 23.2 Å². The second-order valence-electron chi connectivity index (χ2n) is 10.8. The number of hydrazone groups is 2. The quantitative estimate of drug-likeness (QED) is 0.0599. The van der Waals surface area contributed by atoms with Crippen LogP contribution in [0, 0.1) is 0 Å². The fourth-order valence-electron chi connectivity index (χ4n) is 4.38. The summed E-state index contributed by atoms with van der Waals surface area (Å²) < 4.78 is 31.6. The van der Waals surface area contributed by atoms with Crippen molar-refractivity contribution in [3.8, 4) is 0 Å². The van der Waals surface area contributed by atoms with Gasteiger partial charge in [0.1, 0.15) is 23.6 Å². The summed E-state index contributed by atoms with van der Waals surface area (Å²) in [6.07, 6.45) is 4.77. The topological polar surface area (TPSA) is 238 Å². The number of rotatable bonds is 14. The fraction of sp³-hybridized carbons (Fsp3) is 0.429. The Kier molecular flexibility index (Phi) is 14.7. The van der Waals surface area contributed by atoms with E-state index in [9.17, 15) is 19.8 Å². The molecule has 260 valence electrons. The normalized spacial score (nSPS) is 18.4. The molecule has 4 rings (SSSR count). The standard InChI is InChI=1S/2C14H16Cl2N2O3.H2O4S/c2*15-11-4-2-1-3-10(11)7-14(21,13(16)5-6-13)9-18-17-8-12(19)20;1-5(2,3)4/h2*1-4,8,18,21H,5-7,9H2,(H,19,20);(H2,1,2,3,4). The average Bonchev–Trinajstić information content (AvgIpc) is 3.90. The molecule has 47 heavy (non-hydrogen) atoms. The van der Waals surface area contributed by atoms with Gasteiger partial charge in [-0.25, -0.2) is 9.59 Å². The number of benzene rings is 2. The molecule has 0 amide bonds. The van der Waals surface area contributed by atoms with Crippen LogP contribution in [0.3, 0.4) is 0 Å². The van der Waals surface area contributed by atoms with Gasteiger partial charge in [0.05, 0.1) is 22.8 Å². The SMILES string of the molecule is O=C(O)C=NNCC(O)(Cc1ccccc1Cl)C1(Cl)CC1.O=C(O)C=NNCC(O)(Cc1ccccc1Cl)C1(Cl)CC1.O=S(=O)(O)O. The zero-order valence-corrected chi connectivity index (χ0v) is 28.4. The first-order valence-corrected chi connectivity index (χ1v) is 16.6. The second-order valence-corrected chi connectivity index (χ2v) is 14.0. The van der Waals surface area contributed by atoms with E-state index >= 15 is 0 Å². The summed E-state index contributed by atoms with van der Waals surface area (Å²) in [4.78, 5) is 19.3. The highest BCUT2D eigenvalue weighted by atomic mass is 35.5. The third kappa shape index (κ3) is 13.7. The Hall–Kier alpha value is -2.73. The average molecular weight is 760 g/mol. The predicted molar refractivity (Wildman–Crippen MR) is 178 cm³/mol. The molecule has 0 spiro atoms. The molecule has 2 aromatic rings. The lowest BCUT2D eigenvalue weighted by Gasteiger charge is -2.33. The van der Waals surface area contributed by atoms with Crippen molar-refractivity contribution in [3.05, 3.63) is 69.7 Å². The van der Waals surface area contributed by atoms with E-state index in [4.69, 9.17) is 74.1 Å². The minimum atomic E-state index is -4.67. The van der Waals surface area contributed by atoms with Crippen LogP contribution in [0.2, 0.25) is 10.0 Å². The van der Waals surface area contributed by atoms with Crippen molar-refractivity contribution in [3.63, 3.8) is 0 Å². The highest BCUT2D eigenvalue weighted by molar-refractivity contribution is 7.79. The molecule has 0 heterocycles. The van der Waals surface area contributed by atoms with Gasteiger partial charge in [0.2, 0.25) is 0 Å². The van der Waals surface area contributed by atoms with Crippen molar-refractivity contribution in [2.24, 2.45) is 10.2 Å². The molecule has 2 aliphatic carbocycles. The van der Waals surface area contributed by atoms with Gasteiger partial charge in [-0.05, 0) is 48.9 Å². The van der Waals surface area contributed by atoms with Gasteiger partial charge in [-0.2, -0.15) is 18.6 Å². The molecule has 0 saturated heterocycles. The van der Waals surface area contributed by atoms with E-state index < -0.39 is 43.3 Å². The van der Waals surface area contributed by atoms with Crippen LogP contribution in [0.25, 0.3) is 0 Å². The number of aliphatic carboxylic acids is 2. The maximum Gasteiger partial charge on any atom is 0.394 e. The Morgan fingerprint density at radius 1 is 0.745 bits per heavy atom.